The fourth-order valence-corrected chi connectivity index (χ4v) is 2.39. The van der Waals surface area contributed by atoms with Gasteiger partial charge in [-0.1, -0.05) is 12.1 Å². The van der Waals surface area contributed by atoms with Crippen molar-refractivity contribution in [3.63, 3.8) is 0 Å². The number of aryl methyl sites for hydroxylation is 1. The van der Waals surface area contributed by atoms with Gasteiger partial charge in [0.1, 0.15) is 23.9 Å². The van der Waals surface area contributed by atoms with Crippen LogP contribution in [0.4, 0.5) is 0 Å². The van der Waals surface area contributed by atoms with Crippen LogP contribution in [0.2, 0.25) is 0 Å². The summed E-state index contributed by atoms with van der Waals surface area (Å²) in [5.74, 6) is 2.06. The van der Waals surface area contributed by atoms with Gasteiger partial charge in [0, 0.05) is 0 Å². The first-order valence-corrected chi connectivity index (χ1v) is 8.70. The number of rotatable bonds is 8. The lowest BCUT2D eigenvalue weighted by Gasteiger charge is -2.20. The van der Waals surface area contributed by atoms with Crippen LogP contribution in [0, 0.1) is 13.8 Å². The number of benzene rings is 2. The molecule has 0 aliphatic carbocycles. The molecule has 2 atom stereocenters. The SMILES string of the molecule is COc1ccc(OC[C@@H](C)NC(=O)[C@@H](C)Oc2cccc(C)c2C)cc1. The van der Waals surface area contributed by atoms with Crippen molar-refractivity contribution in [2.24, 2.45) is 0 Å². The predicted molar refractivity (Wildman–Crippen MR) is 102 cm³/mol. The fraction of sp³-hybridized carbons (Fsp3) is 0.381. The van der Waals surface area contributed by atoms with Gasteiger partial charge in [0.25, 0.3) is 5.91 Å². The van der Waals surface area contributed by atoms with Crippen molar-refractivity contribution in [3.8, 4) is 17.2 Å². The maximum Gasteiger partial charge on any atom is 0.261 e. The molecule has 0 saturated heterocycles. The van der Waals surface area contributed by atoms with Gasteiger partial charge >= 0.3 is 0 Å². The van der Waals surface area contributed by atoms with E-state index in [4.69, 9.17) is 14.2 Å². The molecule has 0 bridgehead atoms. The van der Waals surface area contributed by atoms with E-state index >= 15 is 0 Å². The minimum atomic E-state index is -0.584. The van der Waals surface area contributed by atoms with Gasteiger partial charge < -0.3 is 19.5 Å². The summed E-state index contributed by atoms with van der Waals surface area (Å²) in [6.07, 6.45) is -0.584. The fourth-order valence-electron chi connectivity index (χ4n) is 2.39. The molecule has 0 aliphatic heterocycles. The van der Waals surface area contributed by atoms with E-state index in [0.29, 0.717) is 6.61 Å². The summed E-state index contributed by atoms with van der Waals surface area (Å²) in [5, 5.41) is 2.91. The van der Waals surface area contributed by atoms with E-state index in [1.807, 2.05) is 63.2 Å². The number of amides is 1. The van der Waals surface area contributed by atoms with Gasteiger partial charge in [-0.3, -0.25) is 4.79 Å². The molecule has 2 rings (SSSR count). The molecule has 140 valence electrons. The number of carbonyl (C=O) groups is 1. The number of hydrogen-bond donors (Lipinski definition) is 1. The van der Waals surface area contributed by atoms with E-state index in [9.17, 15) is 4.79 Å². The standard InChI is InChI=1S/C21H27NO4/c1-14-7-6-8-20(16(14)3)26-17(4)21(23)22-15(2)13-25-19-11-9-18(24-5)10-12-19/h6-12,15,17H,13H2,1-5H3,(H,22,23)/t15-,17-/m1/s1. The molecule has 0 aliphatic rings. The molecule has 2 aromatic carbocycles. The zero-order valence-electron chi connectivity index (χ0n) is 16.0. The Morgan fingerprint density at radius 2 is 1.69 bits per heavy atom. The van der Waals surface area contributed by atoms with Crippen LogP contribution < -0.4 is 19.5 Å². The Morgan fingerprint density at radius 1 is 1.04 bits per heavy atom. The summed E-state index contributed by atoms with van der Waals surface area (Å²) >= 11 is 0. The van der Waals surface area contributed by atoms with Crippen LogP contribution >= 0.6 is 0 Å². The molecule has 0 saturated carbocycles. The number of hydrogen-bond acceptors (Lipinski definition) is 4. The zero-order chi connectivity index (χ0) is 19.1. The van der Waals surface area contributed by atoms with Crippen molar-refractivity contribution in [2.75, 3.05) is 13.7 Å². The summed E-state index contributed by atoms with van der Waals surface area (Å²) in [4.78, 5) is 12.3. The second-order valence-corrected chi connectivity index (χ2v) is 6.35. The quantitative estimate of drug-likeness (QED) is 0.783. The molecule has 1 amide bonds. The van der Waals surface area contributed by atoms with E-state index in [-0.39, 0.29) is 11.9 Å². The van der Waals surface area contributed by atoms with Crippen LogP contribution in [0.3, 0.4) is 0 Å². The molecule has 0 radical (unpaired) electrons. The van der Waals surface area contributed by atoms with Gasteiger partial charge in [0.2, 0.25) is 0 Å². The number of methoxy groups -OCH3 is 1. The Labute approximate surface area is 155 Å². The highest BCUT2D eigenvalue weighted by Gasteiger charge is 2.18. The summed E-state index contributed by atoms with van der Waals surface area (Å²) in [6.45, 7) is 8.01. The van der Waals surface area contributed by atoms with Crippen molar-refractivity contribution < 1.29 is 19.0 Å². The highest BCUT2D eigenvalue weighted by atomic mass is 16.5. The third-order valence-corrected chi connectivity index (χ3v) is 4.18. The molecule has 0 unspecified atom stereocenters. The van der Waals surface area contributed by atoms with Gasteiger partial charge in [-0.25, -0.2) is 0 Å². The van der Waals surface area contributed by atoms with Crippen molar-refractivity contribution in [3.05, 3.63) is 53.6 Å². The largest absolute Gasteiger partial charge is 0.497 e. The van der Waals surface area contributed by atoms with Crippen LogP contribution in [-0.2, 0) is 4.79 Å². The first-order chi connectivity index (χ1) is 12.4. The van der Waals surface area contributed by atoms with Gasteiger partial charge in [-0.2, -0.15) is 0 Å². The molecule has 5 heteroatoms. The summed E-state index contributed by atoms with van der Waals surface area (Å²) < 4.78 is 16.6. The van der Waals surface area contributed by atoms with Crippen molar-refractivity contribution >= 4 is 5.91 Å². The highest BCUT2D eigenvalue weighted by Crippen LogP contribution is 2.22. The normalized spacial score (nSPS) is 12.8. The molecule has 0 heterocycles. The lowest BCUT2D eigenvalue weighted by atomic mass is 10.1. The molecule has 0 aromatic heterocycles. The second kappa shape index (κ2) is 9.13. The zero-order valence-corrected chi connectivity index (χ0v) is 16.0. The lowest BCUT2D eigenvalue weighted by molar-refractivity contribution is -0.128. The van der Waals surface area contributed by atoms with Crippen LogP contribution in [0.5, 0.6) is 17.2 Å². The lowest BCUT2D eigenvalue weighted by Crippen LogP contribution is -2.43. The van der Waals surface area contributed by atoms with Gasteiger partial charge in [0.05, 0.1) is 13.2 Å². The second-order valence-electron chi connectivity index (χ2n) is 6.35. The monoisotopic (exact) mass is 357 g/mol. The molecule has 1 N–H and O–H groups in total. The van der Waals surface area contributed by atoms with Gasteiger partial charge in [-0.15, -0.1) is 0 Å². The minimum Gasteiger partial charge on any atom is -0.497 e. The Morgan fingerprint density at radius 3 is 2.35 bits per heavy atom. The molecular weight excluding hydrogens is 330 g/mol. The number of carbonyl (C=O) groups excluding carboxylic acids is 1. The van der Waals surface area contributed by atoms with E-state index in [1.165, 1.54) is 0 Å². The minimum absolute atomic E-state index is 0.144. The number of nitrogens with one attached hydrogen (secondary N) is 1. The molecule has 0 fully saturated rings. The van der Waals surface area contributed by atoms with Gasteiger partial charge in [0.15, 0.2) is 6.10 Å². The van der Waals surface area contributed by atoms with Crippen molar-refractivity contribution in [1.82, 2.24) is 5.32 Å². The number of ether oxygens (including phenoxy) is 3. The Kier molecular flexibility index (Phi) is 6.89. The maximum absolute atomic E-state index is 12.3. The third-order valence-electron chi connectivity index (χ3n) is 4.18. The molecule has 2 aromatic rings. The first-order valence-electron chi connectivity index (χ1n) is 8.70. The van der Waals surface area contributed by atoms with E-state index < -0.39 is 6.10 Å². The molecule has 0 spiro atoms. The topological polar surface area (TPSA) is 56.8 Å². The third kappa shape index (κ3) is 5.41. The van der Waals surface area contributed by atoms with Crippen LogP contribution in [-0.4, -0.2) is 31.8 Å². The average molecular weight is 357 g/mol. The van der Waals surface area contributed by atoms with E-state index in [1.54, 1.807) is 14.0 Å². The maximum atomic E-state index is 12.3. The summed E-state index contributed by atoms with van der Waals surface area (Å²) in [5.41, 5.74) is 2.18. The Balaban J connectivity index is 1.82. The Hall–Kier alpha value is -2.69. The predicted octanol–water partition coefficient (Wildman–Crippen LogP) is 3.66. The van der Waals surface area contributed by atoms with Crippen LogP contribution in [0.15, 0.2) is 42.5 Å². The van der Waals surface area contributed by atoms with Crippen LogP contribution in [0.1, 0.15) is 25.0 Å². The Bertz CT molecular complexity index is 727. The molecular formula is C21H27NO4. The van der Waals surface area contributed by atoms with Crippen molar-refractivity contribution in [2.45, 2.75) is 39.8 Å². The van der Waals surface area contributed by atoms with Crippen LogP contribution in [0.25, 0.3) is 0 Å². The highest BCUT2D eigenvalue weighted by molar-refractivity contribution is 5.81. The van der Waals surface area contributed by atoms with E-state index in [0.717, 1.165) is 28.4 Å². The molecule has 26 heavy (non-hydrogen) atoms. The average Bonchev–Trinajstić information content (AvgIpc) is 2.64. The van der Waals surface area contributed by atoms with Crippen molar-refractivity contribution in [1.29, 1.82) is 0 Å². The summed E-state index contributed by atoms with van der Waals surface area (Å²) in [6, 6.07) is 13.0. The van der Waals surface area contributed by atoms with E-state index in [2.05, 4.69) is 5.32 Å². The smallest absolute Gasteiger partial charge is 0.261 e. The first kappa shape index (κ1) is 19.6. The molecule has 5 nitrogen and oxygen atoms in total. The van der Waals surface area contributed by atoms with Gasteiger partial charge in [-0.05, 0) is 69.2 Å². The summed E-state index contributed by atoms with van der Waals surface area (Å²) in [7, 11) is 1.62.